The van der Waals surface area contributed by atoms with E-state index in [-0.39, 0.29) is 16.3 Å². The van der Waals surface area contributed by atoms with Gasteiger partial charge in [-0.25, -0.2) is 13.2 Å². The van der Waals surface area contributed by atoms with E-state index in [0.29, 0.717) is 0 Å². The molecule has 0 unspecified atom stereocenters. The molecule has 2 aromatic carbocycles. The van der Waals surface area contributed by atoms with Crippen LogP contribution < -0.4 is 10.0 Å². The quantitative estimate of drug-likeness (QED) is 0.738. The second-order valence-corrected chi connectivity index (χ2v) is 6.44. The SMILES string of the molecule is Cc1ccc(S(=O)(=O)Nc2cccc(NC(=O)C(=O)O)c2)cc1. The fourth-order valence-electron chi connectivity index (χ4n) is 1.78. The summed E-state index contributed by atoms with van der Waals surface area (Å²) >= 11 is 0. The van der Waals surface area contributed by atoms with Gasteiger partial charge in [-0.2, -0.15) is 0 Å². The van der Waals surface area contributed by atoms with Crippen molar-refractivity contribution in [1.29, 1.82) is 0 Å². The maximum Gasteiger partial charge on any atom is 0.394 e. The van der Waals surface area contributed by atoms with Crippen LogP contribution in [-0.2, 0) is 19.6 Å². The Labute approximate surface area is 133 Å². The Balaban J connectivity index is 2.21. The standard InChI is InChI=1S/C15H14N2O5S/c1-10-5-7-13(8-6-10)23(21,22)17-12-4-2-3-11(9-12)16-14(18)15(19)20/h2-9,17H,1H3,(H,16,18)(H,19,20). The van der Waals surface area contributed by atoms with Gasteiger partial charge in [-0.3, -0.25) is 9.52 Å². The average Bonchev–Trinajstić information content (AvgIpc) is 2.47. The van der Waals surface area contributed by atoms with Gasteiger partial charge in [0, 0.05) is 5.69 Å². The van der Waals surface area contributed by atoms with Crippen LogP contribution in [0.4, 0.5) is 11.4 Å². The van der Waals surface area contributed by atoms with Crippen LogP contribution in [0.25, 0.3) is 0 Å². The fraction of sp³-hybridized carbons (Fsp3) is 0.0667. The summed E-state index contributed by atoms with van der Waals surface area (Å²) in [6, 6.07) is 12.1. The minimum absolute atomic E-state index is 0.100. The molecule has 0 aliphatic rings. The minimum Gasteiger partial charge on any atom is -0.474 e. The number of amides is 1. The lowest BCUT2D eigenvalue weighted by atomic mass is 10.2. The van der Waals surface area contributed by atoms with Crippen molar-refractivity contribution in [2.75, 3.05) is 10.0 Å². The van der Waals surface area contributed by atoms with E-state index in [1.54, 1.807) is 12.1 Å². The van der Waals surface area contributed by atoms with Gasteiger partial charge in [-0.1, -0.05) is 23.8 Å². The Hall–Kier alpha value is -2.87. The number of sulfonamides is 1. The first kappa shape index (κ1) is 16.5. The molecular weight excluding hydrogens is 320 g/mol. The maximum absolute atomic E-state index is 12.3. The zero-order chi connectivity index (χ0) is 17.0. The van der Waals surface area contributed by atoms with Crippen LogP contribution in [0.1, 0.15) is 5.56 Å². The molecule has 0 saturated heterocycles. The zero-order valence-corrected chi connectivity index (χ0v) is 12.9. The monoisotopic (exact) mass is 334 g/mol. The van der Waals surface area contributed by atoms with E-state index < -0.39 is 21.9 Å². The smallest absolute Gasteiger partial charge is 0.394 e. The van der Waals surface area contributed by atoms with Crippen molar-refractivity contribution in [3.63, 3.8) is 0 Å². The molecule has 2 rings (SSSR count). The van der Waals surface area contributed by atoms with Crippen molar-refractivity contribution < 1.29 is 23.1 Å². The molecule has 0 saturated carbocycles. The van der Waals surface area contributed by atoms with E-state index in [1.165, 1.54) is 36.4 Å². The van der Waals surface area contributed by atoms with Crippen LogP contribution in [0, 0.1) is 6.92 Å². The summed E-state index contributed by atoms with van der Waals surface area (Å²) < 4.78 is 26.9. The van der Waals surface area contributed by atoms with E-state index >= 15 is 0 Å². The summed E-state index contributed by atoms with van der Waals surface area (Å²) in [4.78, 5) is 21.7. The molecule has 0 spiro atoms. The molecular formula is C15H14N2O5S. The lowest BCUT2D eigenvalue weighted by molar-refractivity contribution is -0.147. The molecule has 2 aromatic rings. The van der Waals surface area contributed by atoms with Crippen molar-refractivity contribution in [1.82, 2.24) is 0 Å². The van der Waals surface area contributed by atoms with Crippen molar-refractivity contribution >= 4 is 33.3 Å². The zero-order valence-electron chi connectivity index (χ0n) is 12.1. The van der Waals surface area contributed by atoms with E-state index in [4.69, 9.17) is 5.11 Å². The highest BCUT2D eigenvalue weighted by Crippen LogP contribution is 2.19. The average molecular weight is 334 g/mol. The summed E-state index contributed by atoms with van der Waals surface area (Å²) in [5.41, 5.74) is 1.30. The van der Waals surface area contributed by atoms with Gasteiger partial charge in [-0.15, -0.1) is 0 Å². The number of hydrogen-bond acceptors (Lipinski definition) is 4. The van der Waals surface area contributed by atoms with E-state index in [1.807, 2.05) is 6.92 Å². The van der Waals surface area contributed by atoms with Gasteiger partial charge in [0.25, 0.3) is 10.0 Å². The number of carbonyl (C=O) groups is 2. The highest BCUT2D eigenvalue weighted by Gasteiger charge is 2.15. The van der Waals surface area contributed by atoms with Gasteiger partial charge in [0.1, 0.15) is 0 Å². The first-order valence-electron chi connectivity index (χ1n) is 6.52. The Kier molecular flexibility index (Phi) is 4.65. The van der Waals surface area contributed by atoms with Crippen LogP contribution in [0.2, 0.25) is 0 Å². The number of rotatable bonds is 4. The molecule has 0 fully saturated rings. The summed E-state index contributed by atoms with van der Waals surface area (Å²) in [7, 11) is -3.77. The van der Waals surface area contributed by atoms with E-state index in [0.717, 1.165) is 5.56 Å². The van der Waals surface area contributed by atoms with Crippen molar-refractivity contribution in [3.8, 4) is 0 Å². The van der Waals surface area contributed by atoms with Gasteiger partial charge in [0.15, 0.2) is 0 Å². The third-order valence-electron chi connectivity index (χ3n) is 2.90. The first-order valence-corrected chi connectivity index (χ1v) is 8.00. The van der Waals surface area contributed by atoms with Crippen LogP contribution in [0.5, 0.6) is 0 Å². The largest absolute Gasteiger partial charge is 0.474 e. The van der Waals surface area contributed by atoms with Crippen molar-refractivity contribution in [2.45, 2.75) is 11.8 Å². The minimum atomic E-state index is -3.77. The summed E-state index contributed by atoms with van der Waals surface area (Å²) in [5, 5.41) is 10.7. The summed E-state index contributed by atoms with van der Waals surface area (Å²) in [6.45, 7) is 1.85. The van der Waals surface area contributed by atoms with Gasteiger partial charge in [-0.05, 0) is 37.3 Å². The molecule has 0 radical (unpaired) electrons. The molecule has 1 amide bonds. The third-order valence-corrected chi connectivity index (χ3v) is 4.30. The predicted octanol–water partition coefficient (Wildman–Crippen LogP) is 1.82. The lowest BCUT2D eigenvalue weighted by Gasteiger charge is -2.10. The maximum atomic E-state index is 12.3. The summed E-state index contributed by atoms with van der Waals surface area (Å²) in [5.74, 6) is -2.83. The number of anilines is 2. The normalized spacial score (nSPS) is 10.8. The lowest BCUT2D eigenvalue weighted by Crippen LogP contribution is -2.21. The molecule has 3 N–H and O–H groups in total. The number of carboxylic acid groups (broad SMARTS) is 1. The fourth-order valence-corrected chi connectivity index (χ4v) is 2.83. The van der Waals surface area contributed by atoms with Gasteiger partial charge < -0.3 is 10.4 Å². The number of nitrogens with one attached hydrogen (secondary N) is 2. The number of carboxylic acids is 1. The number of aliphatic carboxylic acids is 1. The Morgan fingerprint density at radius 1 is 1.00 bits per heavy atom. The van der Waals surface area contributed by atoms with Crippen LogP contribution in [0.15, 0.2) is 53.4 Å². The van der Waals surface area contributed by atoms with Crippen LogP contribution >= 0.6 is 0 Å². The molecule has 0 aliphatic heterocycles. The molecule has 0 aromatic heterocycles. The molecule has 7 nitrogen and oxygen atoms in total. The molecule has 23 heavy (non-hydrogen) atoms. The van der Waals surface area contributed by atoms with Crippen LogP contribution in [0.3, 0.4) is 0 Å². The Morgan fingerprint density at radius 3 is 2.22 bits per heavy atom. The number of carbonyl (C=O) groups excluding carboxylic acids is 1. The van der Waals surface area contributed by atoms with Gasteiger partial charge >= 0.3 is 11.9 Å². The van der Waals surface area contributed by atoms with E-state index in [9.17, 15) is 18.0 Å². The third kappa shape index (κ3) is 4.30. The highest BCUT2D eigenvalue weighted by molar-refractivity contribution is 7.92. The molecule has 0 bridgehead atoms. The highest BCUT2D eigenvalue weighted by atomic mass is 32.2. The number of hydrogen-bond donors (Lipinski definition) is 3. The Bertz CT molecular complexity index is 844. The molecule has 8 heteroatoms. The molecule has 120 valence electrons. The number of benzene rings is 2. The van der Waals surface area contributed by atoms with Crippen LogP contribution in [-0.4, -0.2) is 25.4 Å². The molecule has 0 atom stereocenters. The van der Waals surface area contributed by atoms with Crippen molar-refractivity contribution in [2.24, 2.45) is 0 Å². The predicted molar refractivity (Wildman–Crippen MR) is 84.7 cm³/mol. The van der Waals surface area contributed by atoms with Gasteiger partial charge in [0.05, 0.1) is 10.6 Å². The summed E-state index contributed by atoms with van der Waals surface area (Å²) in [6.07, 6.45) is 0. The molecule has 0 heterocycles. The Morgan fingerprint density at radius 2 is 1.61 bits per heavy atom. The second kappa shape index (κ2) is 6.49. The van der Waals surface area contributed by atoms with Gasteiger partial charge in [0.2, 0.25) is 0 Å². The molecule has 0 aliphatic carbocycles. The number of aryl methyl sites for hydroxylation is 1. The van der Waals surface area contributed by atoms with E-state index in [2.05, 4.69) is 10.0 Å². The topological polar surface area (TPSA) is 113 Å². The second-order valence-electron chi connectivity index (χ2n) is 4.76. The van der Waals surface area contributed by atoms with Crippen molar-refractivity contribution in [3.05, 3.63) is 54.1 Å². The first-order chi connectivity index (χ1) is 10.8.